The summed E-state index contributed by atoms with van der Waals surface area (Å²) in [4.78, 5) is 30.2. The van der Waals surface area contributed by atoms with Gasteiger partial charge in [0, 0.05) is 20.8 Å². The van der Waals surface area contributed by atoms with Gasteiger partial charge >= 0.3 is 13.2 Å². The van der Waals surface area contributed by atoms with Crippen LogP contribution < -0.4 is 0 Å². The zero-order valence-corrected chi connectivity index (χ0v) is 7.51. The molecule has 0 saturated carbocycles. The van der Waals surface area contributed by atoms with Crippen molar-refractivity contribution < 1.29 is 19.0 Å². The Kier molecular flexibility index (Phi) is 3.02. The van der Waals surface area contributed by atoms with Gasteiger partial charge in [0.05, 0.1) is 0 Å². The molecule has 0 aliphatic rings. The summed E-state index contributed by atoms with van der Waals surface area (Å²) in [6.07, 6.45) is 0. The topological polar surface area (TPSA) is 71.4 Å². The minimum absolute atomic E-state index is 0.575. The summed E-state index contributed by atoms with van der Waals surface area (Å²) >= 11 is 0. The number of hydrogen-bond acceptors (Lipinski definition) is 3. The zero-order chi connectivity index (χ0) is 9.23. The van der Waals surface area contributed by atoms with Gasteiger partial charge in [-0.25, -0.2) is 0 Å². The Bertz CT molecular complexity index is 185. The number of Topliss-reactive ketones (excluding diaryl/α,β-unsaturated/α-hetero) is 2. The van der Waals surface area contributed by atoms with E-state index in [2.05, 4.69) is 0 Å². The Balaban J connectivity index is 4.99. The Morgan fingerprint density at radius 2 is 1.55 bits per heavy atom. The number of carbonyl (C=O) groups excluding carboxylic acids is 2. The van der Waals surface area contributed by atoms with Gasteiger partial charge in [0.2, 0.25) is 0 Å². The summed E-state index contributed by atoms with van der Waals surface area (Å²) in [6, 6.07) is 0. The highest BCUT2D eigenvalue weighted by Gasteiger charge is 2.54. The molecule has 1 N–H and O–H groups in total. The summed E-state index contributed by atoms with van der Waals surface area (Å²) in [5.41, 5.74) is 0. The quantitative estimate of drug-likeness (QED) is 0.507. The van der Waals surface area contributed by atoms with Crippen LogP contribution in [0.3, 0.4) is 0 Å². The number of hydrogen-bond donors (Lipinski definition) is 1. The lowest BCUT2D eigenvalue weighted by Crippen LogP contribution is -2.36. The molecule has 0 aliphatic heterocycles. The van der Waals surface area contributed by atoms with Crippen LogP contribution in [0, 0.1) is 0 Å². The molecule has 5 heteroatoms. The van der Waals surface area contributed by atoms with Gasteiger partial charge in [0.15, 0.2) is 11.6 Å². The maximum absolute atomic E-state index is 10.8. The predicted molar refractivity (Wildman–Crippen MR) is 39.6 cm³/mol. The van der Waals surface area contributed by atoms with Gasteiger partial charge in [-0.2, -0.15) is 4.89 Å². The number of carbonyl (C=O) groups is 2. The third-order valence-corrected chi connectivity index (χ3v) is 3.15. The zero-order valence-electron chi connectivity index (χ0n) is 6.62. The van der Waals surface area contributed by atoms with Crippen molar-refractivity contribution in [2.45, 2.75) is 25.9 Å². The molecule has 0 aromatic rings. The summed E-state index contributed by atoms with van der Waals surface area (Å²) < 4.78 is 10.6. The molecule has 0 aromatic carbocycles. The van der Waals surface area contributed by atoms with Crippen molar-refractivity contribution in [1.82, 2.24) is 0 Å². The maximum Gasteiger partial charge on any atom is 0.527 e. The van der Waals surface area contributed by atoms with Crippen LogP contribution in [-0.2, 0) is 14.2 Å². The Hall–Kier alpha value is -0.600. The second kappa shape index (κ2) is 3.20. The molecule has 0 bridgehead atoms. The molecule has 0 amide bonds. The van der Waals surface area contributed by atoms with E-state index in [1.807, 2.05) is 0 Å². The molecule has 1 unspecified atom stereocenters. The fourth-order valence-corrected chi connectivity index (χ4v) is 1.06. The summed E-state index contributed by atoms with van der Waals surface area (Å²) in [7, 11) is -2.77. The average Bonchev–Trinajstić information content (AvgIpc) is 1.84. The molecule has 1 atom stereocenters. The van der Waals surface area contributed by atoms with Crippen molar-refractivity contribution in [3.05, 3.63) is 0 Å². The number of rotatable bonds is 3. The van der Waals surface area contributed by atoms with E-state index in [1.54, 1.807) is 0 Å². The molecule has 0 heterocycles. The van der Waals surface area contributed by atoms with Crippen LogP contribution in [0.25, 0.3) is 0 Å². The van der Waals surface area contributed by atoms with Gasteiger partial charge in [-0.05, 0) is 4.57 Å². The summed E-state index contributed by atoms with van der Waals surface area (Å²) in [5, 5.41) is -1.71. The van der Waals surface area contributed by atoms with Crippen LogP contribution in [0.1, 0.15) is 20.8 Å². The first-order chi connectivity index (χ1) is 4.83. The van der Waals surface area contributed by atoms with Crippen LogP contribution in [0.4, 0.5) is 0 Å². The Labute approximate surface area is 65.5 Å². The lowest BCUT2D eigenvalue weighted by Gasteiger charge is -2.06. The predicted octanol–water partition coefficient (Wildman–Crippen LogP) is 0.658. The highest BCUT2D eigenvalue weighted by molar-refractivity contribution is 7.43. The van der Waals surface area contributed by atoms with E-state index in [-0.39, 0.29) is 0 Å². The van der Waals surface area contributed by atoms with Gasteiger partial charge in [-0.1, -0.05) is 0 Å². The molecule has 0 aromatic heterocycles. The minimum Gasteiger partial charge on any atom is -0.294 e. The van der Waals surface area contributed by atoms with Crippen molar-refractivity contribution >= 4 is 19.6 Å². The molecule has 62 valence electrons. The molecule has 0 fully saturated rings. The first kappa shape index (κ1) is 10.4. The van der Waals surface area contributed by atoms with Crippen LogP contribution in [-0.4, -0.2) is 21.6 Å². The summed E-state index contributed by atoms with van der Waals surface area (Å²) in [6.45, 7) is 3.44. The molecule has 4 nitrogen and oxygen atoms in total. The largest absolute Gasteiger partial charge is 0.527 e. The number of ketones is 2. The van der Waals surface area contributed by atoms with Gasteiger partial charge in [-0.3, -0.25) is 9.59 Å². The normalized spacial score (nSPS) is 12.5. The van der Waals surface area contributed by atoms with E-state index in [9.17, 15) is 14.2 Å². The molecule has 0 aliphatic carbocycles. The maximum atomic E-state index is 10.8. The van der Waals surface area contributed by atoms with Gasteiger partial charge in [0.1, 0.15) is 0 Å². The second-order valence-electron chi connectivity index (χ2n) is 2.46. The SMILES string of the molecule is CC(=O)C(C)(C(C)=O)[P+](=O)O. The fourth-order valence-electron chi connectivity index (χ4n) is 0.517. The van der Waals surface area contributed by atoms with Crippen molar-refractivity contribution in [2.75, 3.05) is 0 Å². The minimum atomic E-state index is -2.77. The fraction of sp³-hybridized carbons (Fsp3) is 0.667. The van der Waals surface area contributed by atoms with Crippen molar-refractivity contribution in [3.8, 4) is 0 Å². The van der Waals surface area contributed by atoms with E-state index < -0.39 is 24.8 Å². The molecular weight excluding hydrogens is 167 g/mol. The van der Waals surface area contributed by atoms with E-state index in [0.29, 0.717) is 0 Å². The van der Waals surface area contributed by atoms with E-state index >= 15 is 0 Å². The van der Waals surface area contributed by atoms with Crippen LogP contribution in [0.5, 0.6) is 0 Å². The van der Waals surface area contributed by atoms with Gasteiger partial charge in [0.25, 0.3) is 0 Å². The lowest BCUT2D eigenvalue weighted by molar-refractivity contribution is -0.128. The van der Waals surface area contributed by atoms with Crippen LogP contribution in [0.15, 0.2) is 0 Å². The standard InChI is InChI=1S/C6H9O4P/c1-4(7)6(3,5(2)8)11(9)10/h1-3H3/p+1. The third kappa shape index (κ3) is 1.70. The first-order valence-electron chi connectivity index (χ1n) is 3.01. The van der Waals surface area contributed by atoms with Crippen molar-refractivity contribution in [2.24, 2.45) is 0 Å². The molecular formula is C6H10O4P+. The van der Waals surface area contributed by atoms with Gasteiger partial charge in [-0.15, -0.1) is 0 Å². The molecule has 0 rings (SSSR count). The highest BCUT2D eigenvalue weighted by atomic mass is 31.1. The Morgan fingerprint density at radius 3 is 1.55 bits per heavy atom. The van der Waals surface area contributed by atoms with Crippen LogP contribution in [0.2, 0.25) is 0 Å². The van der Waals surface area contributed by atoms with Gasteiger partial charge < -0.3 is 0 Å². The second-order valence-corrected chi connectivity index (χ2v) is 3.90. The third-order valence-electron chi connectivity index (χ3n) is 1.75. The smallest absolute Gasteiger partial charge is 0.294 e. The van der Waals surface area contributed by atoms with Crippen molar-refractivity contribution in [3.63, 3.8) is 0 Å². The lowest BCUT2D eigenvalue weighted by atomic mass is 10.0. The Morgan fingerprint density at radius 1 is 1.27 bits per heavy atom. The van der Waals surface area contributed by atoms with E-state index in [0.717, 1.165) is 13.8 Å². The molecule has 0 radical (unpaired) electrons. The molecule has 11 heavy (non-hydrogen) atoms. The molecule has 0 spiro atoms. The van der Waals surface area contributed by atoms with Crippen LogP contribution >= 0.6 is 8.03 Å². The van der Waals surface area contributed by atoms with E-state index in [1.165, 1.54) is 6.92 Å². The first-order valence-corrected chi connectivity index (χ1v) is 4.23. The van der Waals surface area contributed by atoms with Crippen molar-refractivity contribution in [1.29, 1.82) is 0 Å². The highest BCUT2D eigenvalue weighted by Crippen LogP contribution is 2.36. The average molecular weight is 177 g/mol. The summed E-state index contributed by atoms with van der Waals surface area (Å²) in [5.74, 6) is -1.15. The van der Waals surface area contributed by atoms with E-state index in [4.69, 9.17) is 4.89 Å². The molecule has 0 saturated heterocycles. The monoisotopic (exact) mass is 177 g/mol.